The van der Waals surface area contributed by atoms with Gasteiger partial charge in [-0.3, -0.25) is 5.43 Å². The van der Waals surface area contributed by atoms with Crippen molar-refractivity contribution in [2.24, 2.45) is 5.84 Å². The van der Waals surface area contributed by atoms with Crippen LogP contribution in [0.15, 0.2) is 6.07 Å². The Morgan fingerprint density at radius 2 is 2.31 bits per heavy atom. The number of carbonyl (C=O) groups excluding carboxylic acids is 1. The van der Waals surface area contributed by atoms with Crippen molar-refractivity contribution in [2.75, 3.05) is 0 Å². The summed E-state index contributed by atoms with van der Waals surface area (Å²) in [5.74, 6) is 3.66. The monoisotopic (exact) mass is 184 g/mol. The van der Waals surface area contributed by atoms with Gasteiger partial charge in [0.25, 0.3) is 0 Å². The Morgan fingerprint density at radius 1 is 1.69 bits per heavy atom. The molecule has 7 nitrogen and oxygen atoms in total. The molecule has 0 aliphatic heterocycles. The molecular weight excluding hydrogens is 176 g/mol. The average molecular weight is 184 g/mol. The molecule has 0 unspecified atom stereocenters. The molecule has 1 rings (SSSR count). The molecule has 0 bridgehead atoms. The second kappa shape index (κ2) is 3.23. The molecule has 13 heavy (non-hydrogen) atoms. The van der Waals surface area contributed by atoms with Gasteiger partial charge in [-0.15, -0.1) is 0 Å². The number of rotatable bonds is 1. The predicted molar refractivity (Wildman–Crippen MR) is 42.0 cm³/mol. The second-order valence-electron chi connectivity index (χ2n) is 2.34. The molecule has 1 aromatic rings. The molecule has 0 aliphatic carbocycles. The SMILES string of the molecule is Cc1cc(C(=O)O)nn1C(=O)NN. The van der Waals surface area contributed by atoms with Gasteiger partial charge in [0.1, 0.15) is 0 Å². The van der Waals surface area contributed by atoms with E-state index < -0.39 is 12.0 Å². The van der Waals surface area contributed by atoms with E-state index in [9.17, 15) is 9.59 Å². The number of nitrogens with two attached hydrogens (primary N) is 1. The van der Waals surface area contributed by atoms with Gasteiger partial charge in [0, 0.05) is 5.69 Å². The summed E-state index contributed by atoms with van der Waals surface area (Å²) in [6.07, 6.45) is 0. The minimum Gasteiger partial charge on any atom is -0.476 e. The first-order chi connectivity index (χ1) is 6.06. The fourth-order valence-electron chi connectivity index (χ4n) is 0.846. The highest BCUT2D eigenvalue weighted by molar-refractivity contribution is 5.86. The quantitative estimate of drug-likeness (QED) is 0.304. The first-order valence-corrected chi connectivity index (χ1v) is 3.37. The standard InChI is InChI=1S/C6H8N4O3/c1-3-2-4(5(11)12)9-10(3)6(13)8-7/h2H,7H2,1H3,(H,8,13)(H,11,12). The van der Waals surface area contributed by atoms with Crippen molar-refractivity contribution in [2.45, 2.75) is 6.92 Å². The lowest BCUT2D eigenvalue weighted by Gasteiger charge is -1.99. The van der Waals surface area contributed by atoms with E-state index in [1.54, 1.807) is 6.92 Å². The number of aromatic carboxylic acids is 1. The zero-order valence-electron chi connectivity index (χ0n) is 6.81. The summed E-state index contributed by atoms with van der Waals surface area (Å²) in [4.78, 5) is 21.4. The Hall–Kier alpha value is -1.89. The number of carbonyl (C=O) groups is 2. The predicted octanol–water partition coefficient (Wildman–Crippen LogP) is -0.679. The lowest BCUT2D eigenvalue weighted by Crippen LogP contribution is -2.35. The molecule has 0 saturated carbocycles. The molecule has 7 heteroatoms. The first kappa shape index (κ1) is 9.20. The molecule has 0 atom stereocenters. The number of hydrogen-bond acceptors (Lipinski definition) is 4. The number of carboxylic acid groups (broad SMARTS) is 1. The zero-order valence-corrected chi connectivity index (χ0v) is 6.81. The maximum atomic E-state index is 10.9. The van der Waals surface area contributed by atoms with Gasteiger partial charge in [-0.25, -0.2) is 15.4 Å². The Kier molecular flexibility index (Phi) is 2.29. The molecule has 1 amide bonds. The number of aromatic nitrogens is 2. The maximum Gasteiger partial charge on any atom is 0.356 e. The van der Waals surface area contributed by atoms with E-state index in [1.807, 2.05) is 5.43 Å². The van der Waals surface area contributed by atoms with Crippen molar-refractivity contribution in [3.8, 4) is 0 Å². The average Bonchev–Trinajstić information content (AvgIpc) is 2.46. The highest BCUT2D eigenvalue weighted by Crippen LogP contribution is 2.02. The third-order valence-corrected chi connectivity index (χ3v) is 1.42. The van der Waals surface area contributed by atoms with Crippen molar-refractivity contribution < 1.29 is 14.7 Å². The molecule has 0 radical (unpaired) electrons. The van der Waals surface area contributed by atoms with Crippen LogP contribution in [0.2, 0.25) is 0 Å². The van der Waals surface area contributed by atoms with Gasteiger partial charge in [-0.05, 0) is 13.0 Å². The van der Waals surface area contributed by atoms with Gasteiger partial charge in [-0.1, -0.05) is 0 Å². The van der Waals surface area contributed by atoms with Crippen molar-refractivity contribution in [1.29, 1.82) is 0 Å². The van der Waals surface area contributed by atoms with E-state index >= 15 is 0 Å². The van der Waals surface area contributed by atoms with Crippen LogP contribution in [0.25, 0.3) is 0 Å². The molecule has 0 spiro atoms. The minimum absolute atomic E-state index is 0.193. The molecule has 4 N–H and O–H groups in total. The summed E-state index contributed by atoms with van der Waals surface area (Å²) >= 11 is 0. The third kappa shape index (κ3) is 1.64. The number of nitrogens with one attached hydrogen (secondary N) is 1. The second-order valence-corrected chi connectivity index (χ2v) is 2.34. The van der Waals surface area contributed by atoms with E-state index in [4.69, 9.17) is 10.9 Å². The maximum absolute atomic E-state index is 10.9. The van der Waals surface area contributed by atoms with E-state index in [0.29, 0.717) is 5.69 Å². The van der Waals surface area contributed by atoms with Crippen molar-refractivity contribution in [1.82, 2.24) is 15.2 Å². The number of carboxylic acids is 1. The summed E-state index contributed by atoms with van der Waals surface area (Å²) in [6, 6.07) is 0.599. The van der Waals surface area contributed by atoms with Gasteiger partial charge in [0.05, 0.1) is 0 Å². The van der Waals surface area contributed by atoms with Gasteiger partial charge in [-0.2, -0.15) is 9.78 Å². The molecular formula is C6H8N4O3. The van der Waals surface area contributed by atoms with E-state index in [2.05, 4.69) is 5.10 Å². The fraction of sp³-hybridized carbons (Fsp3) is 0.167. The van der Waals surface area contributed by atoms with Gasteiger partial charge in [0.15, 0.2) is 5.69 Å². The summed E-state index contributed by atoms with van der Waals surface area (Å²) in [7, 11) is 0. The van der Waals surface area contributed by atoms with Crippen LogP contribution >= 0.6 is 0 Å². The number of amides is 1. The van der Waals surface area contributed by atoms with Crippen LogP contribution in [-0.4, -0.2) is 26.9 Å². The lowest BCUT2D eigenvalue weighted by molar-refractivity contribution is 0.0690. The Morgan fingerprint density at radius 3 is 2.69 bits per heavy atom. The van der Waals surface area contributed by atoms with E-state index in [-0.39, 0.29) is 5.69 Å². The highest BCUT2D eigenvalue weighted by Gasteiger charge is 2.13. The Bertz CT molecular complexity index is 357. The summed E-state index contributed by atoms with van der Waals surface area (Å²) in [5, 5.41) is 12.0. The van der Waals surface area contributed by atoms with Crippen LogP contribution < -0.4 is 11.3 Å². The first-order valence-electron chi connectivity index (χ1n) is 3.37. The van der Waals surface area contributed by atoms with Crippen molar-refractivity contribution >= 4 is 12.0 Å². The number of hydrogen-bond donors (Lipinski definition) is 3. The molecule has 1 heterocycles. The third-order valence-electron chi connectivity index (χ3n) is 1.42. The zero-order chi connectivity index (χ0) is 10.0. The lowest BCUT2D eigenvalue weighted by atomic mass is 10.4. The van der Waals surface area contributed by atoms with Crippen LogP contribution in [-0.2, 0) is 0 Å². The number of nitrogens with zero attached hydrogens (tertiary/aromatic N) is 2. The smallest absolute Gasteiger partial charge is 0.356 e. The number of aryl methyl sites for hydroxylation is 1. The summed E-state index contributed by atoms with van der Waals surface area (Å²) in [6.45, 7) is 1.55. The van der Waals surface area contributed by atoms with Crippen molar-refractivity contribution in [3.05, 3.63) is 17.5 Å². The van der Waals surface area contributed by atoms with Crippen LogP contribution in [0.4, 0.5) is 4.79 Å². The van der Waals surface area contributed by atoms with Gasteiger partial charge >= 0.3 is 12.0 Å². The molecule has 70 valence electrons. The van der Waals surface area contributed by atoms with E-state index in [1.165, 1.54) is 6.07 Å². The highest BCUT2D eigenvalue weighted by atomic mass is 16.4. The molecule has 0 aromatic carbocycles. The largest absolute Gasteiger partial charge is 0.476 e. The molecule has 1 aromatic heterocycles. The van der Waals surface area contributed by atoms with Crippen LogP contribution in [0, 0.1) is 6.92 Å². The molecule has 0 fully saturated rings. The topological polar surface area (TPSA) is 110 Å². The van der Waals surface area contributed by atoms with Crippen molar-refractivity contribution in [3.63, 3.8) is 0 Å². The summed E-state index contributed by atoms with van der Waals surface area (Å²) < 4.78 is 0.878. The van der Waals surface area contributed by atoms with Crippen LogP contribution in [0.3, 0.4) is 0 Å². The molecule has 0 saturated heterocycles. The van der Waals surface area contributed by atoms with Crippen LogP contribution in [0.1, 0.15) is 16.2 Å². The van der Waals surface area contributed by atoms with Crippen LogP contribution in [0.5, 0.6) is 0 Å². The Balaban J connectivity index is 3.10. The number of nitrogen functional groups attached to an aromatic ring is 1. The number of hydrazine groups is 1. The molecule has 0 aliphatic rings. The van der Waals surface area contributed by atoms with Gasteiger partial charge < -0.3 is 5.11 Å². The summed E-state index contributed by atoms with van der Waals surface area (Å²) in [5.41, 5.74) is 2.05. The Labute approximate surface area is 73.1 Å². The normalized spacial score (nSPS) is 9.69. The minimum atomic E-state index is -1.19. The fourth-order valence-corrected chi connectivity index (χ4v) is 0.846. The van der Waals surface area contributed by atoms with E-state index in [0.717, 1.165) is 4.68 Å². The van der Waals surface area contributed by atoms with Gasteiger partial charge in [0.2, 0.25) is 0 Å².